The largest absolute Gasteiger partial charge is 0.269 e. The Morgan fingerprint density at radius 3 is 2.35 bits per heavy atom. The summed E-state index contributed by atoms with van der Waals surface area (Å²) < 4.78 is 0. The molecule has 0 heterocycles. The number of hydrogen-bond donors (Lipinski definition) is 2. The van der Waals surface area contributed by atoms with Gasteiger partial charge >= 0.3 is 0 Å². The highest BCUT2D eigenvalue weighted by molar-refractivity contribution is 6.35. The minimum Gasteiger partial charge on any atom is -0.268 e. The van der Waals surface area contributed by atoms with Gasteiger partial charge in [-0.1, -0.05) is 47.0 Å². The van der Waals surface area contributed by atoms with Gasteiger partial charge in [0.1, 0.15) is 0 Å². The van der Waals surface area contributed by atoms with Gasteiger partial charge in [0, 0.05) is 21.7 Å². The summed E-state index contributed by atoms with van der Waals surface area (Å²) >= 11 is 11.8. The van der Waals surface area contributed by atoms with Crippen LogP contribution in [0.5, 0.6) is 0 Å². The average molecular weight is 349 g/mol. The molecular formula is C17H14Cl2N2O2. The van der Waals surface area contributed by atoms with Gasteiger partial charge in [0.2, 0.25) is 0 Å². The predicted octanol–water partition coefficient (Wildman–Crippen LogP) is 3.78. The van der Waals surface area contributed by atoms with Gasteiger partial charge < -0.3 is 0 Å². The molecule has 0 fully saturated rings. The summed E-state index contributed by atoms with van der Waals surface area (Å²) in [6.45, 7) is 1.93. The van der Waals surface area contributed by atoms with E-state index in [1.54, 1.807) is 30.3 Å². The molecule has 0 spiro atoms. The summed E-state index contributed by atoms with van der Waals surface area (Å²) in [6.07, 6.45) is 2.80. The van der Waals surface area contributed by atoms with Gasteiger partial charge in [0.15, 0.2) is 0 Å². The number of carbonyl (C=O) groups is 2. The van der Waals surface area contributed by atoms with E-state index in [4.69, 9.17) is 23.2 Å². The summed E-state index contributed by atoms with van der Waals surface area (Å²) in [5.41, 5.74) is 6.79. The first-order valence-electron chi connectivity index (χ1n) is 6.76. The lowest BCUT2D eigenvalue weighted by molar-refractivity contribution is -0.117. The molecule has 0 saturated heterocycles. The zero-order valence-corrected chi connectivity index (χ0v) is 13.8. The fraction of sp³-hybridized carbons (Fsp3) is 0.0588. The molecule has 118 valence electrons. The molecule has 2 amide bonds. The smallest absolute Gasteiger partial charge is 0.268 e. The maximum absolute atomic E-state index is 11.8. The summed E-state index contributed by atoms with van der Waals surface area (Å²) in [7, 11) is 0. The minimum atomic E-state index is -0.475. The quantitative estimate of drug-likeness (QED) is 0.655. The van der Waals surface area contributed by atoms with E-state index in [1.807, 2.05) is 19.1 Å². The first kappa shape index (κ1) is 17.1. The number of halogens is 2. The molecule has 0 saturated carbocycles. The van der Waals surface area contributed by atoms with Crippen LogP contribution in [0.25, 0.3) is 6.08 Å². The van der Waals surface area contributed by atoms with Crippen LogP contribution in [0.3, 0.4) is 0 Å². The van der Waals surface area contributed by atoms with Crippen molar-refractivity contribution in [2.24, 2.45) is 0 Å². The molecule has 0 unspecified atom stereocenters. The van der Waals surface area contributed by atoms with E-state index in [9.17, 15) is 9.59 Å². The Balaban J connectivity index is 1.90. The molecule has 0 aromatic heterocycles. The molecule has 4 nitrogen and oxygen atoms in total. The molecule has 2 rings (SSSR count). The van der Waals surface area contributed by atoms with Crippen molar-refractivity contribution >= 4 is 41.1 Å². The van der Waals surface area contributed by atoms with Crippen LogP contribution in [-0.2, 0) is 4.79 Å². The van der Waals surface area contributed by atoms with Crippen LogP contribution in [0.1, 0.15) is 21.5 Å². The second kappa shape index (κ2) is 7.81. The van der Waals surface area contributed by atoms with Gasteiger partial charge in [-0.15, -0.1) is 0 Å². The number of benzene rings is 2. The maximum Gasteiger partial charge on any atom is 0.269 e. The van der Waals surface area contributed by atoms with E-state index in [0.29, 0.717) is 21.2 Å². The van der Waals surface area contributed by atoms with E-state index in [1.165, 1.54) is 12.2 Å². The molecule has 0 atom stereocenters. The van der Waals surface area contributed by atoms with Crippen LogP contribution in [-0.4, -0.2) is 11.8 Å². The number of aryl methyl sites for hydroxylation is 1. The van der Waals surface area contributed by atoms with Crippen molar-refractivity contribution in [1.29, 1.82) is 0 Å². The van der Waals surface area contributed by atoms with Crippen molar-refractivity contribution in [3.05, 3.63) is 75.3 Å². The van der Waals surface area contributed by atoms with Crippen molar-refractivity contribution in [1.82, 2.24) is 10.9 Å². The second-order valence-corrected chi connectivity index (χ2v) is 5.65. The highest BCUT2D eigenvalue weighted by Crippen LogP contribution is 2.21. The summed E-state index contributed by atoms with van der Waals surface area (Å²) in [5.74, 6) is -0.868. The molecule has 23 heavy (non-hydrogen) atoms. The summed E-state index contributed by atoms with van der Waals surface area (Å²) in [4.78, 5) is 23.5. The van der Waals surface area contributed by atoms with E-state index >= 15 is 0 Å². The maximum atomic E-state index is 11.8. The third-order valence-corrected chi connectivity index (χ3v) is 3.55. The summed E-state index contributed by atoms with van der Waals surface area (Å²) in [5, 5.41) is 0.951. The predicted molar refractivity (Wildman–Crippen MR) is 92.3 cm³/mol. The topological polar surface area (TPSA) is 58.2 Å². The van der Waals surface area contributed by atoms with Crippen LogP contribution >= 0.6 is 23.2 Å². The number of hydrazine groups is 1. The summed E-state index contributed by atoms with van der Waals surface area (Å²) in [6, 6.07) is 11.9. The molecule has 0 aliphatic rings. The monoisotopic (exact) mass is 348 g/mol. The SMILES string of the molecule is Cc1ccc(C(=O)NNC(=O)C=Cc2ccc(Cl)cc2Cl)cc1. The molecule has 0 aliphatic carbocycles. The highest BCUT2D eigenvalue weighted by Gasteiger charge is 2.05. The van der Waals surface area contributed by atoms with E-state index in [0.717, 1.165) is 5.56 Å². The van der Waals surface area contributed by atoms with Crippen LogP contribution < -0.4 is 10.9 Å². The molecular weight excluding hydrogens is 335 g/mol. The van der Waals surface area contributed by atoms with Gasteiger partial charge in [-0.2, -0.15) is 0 Å². The van der Waals surface area contributed by atoms with Crippen molar-refractivity contribution in [2.75, 3.05) is 0 Å². The Labute approximate surface area is 144 Å². The van der Waals surface area contributed by atoms with Crippen LogP contribution in [0, 0.1) is 6.92 Å². The third kappa shape index (κ3) is 5.13. The second-order valence-electron chi connectivity index (χ2n) is 4.81. The lowest BCUT2D eigenvalue weighted by Crippen LogP contribution is -2.40. The van der Waals surface area contributed by atoms with Crippen molar-refractivity contribution in [2.45, 2.75) is 6.92 Å². The lowest BCUT2D eigenvalue weighted by atomic mass is 10.1. The fourth-order valence-corrected chi connectivity index (χ4v) is 2.21. The minimum absolute atomic E-state index is 0.392. The Bertz CT molecular complexity index is 756. The van der Waals surface area contributed by atoms with Crippen LogP contribution in [0.2, 0.25) is 10.0 Å². The Hall–Kier alpha value is -2.30. The van der Waals surface area contributed by atoms with Crippen LogP contribution in [0.4, 0.5) is 0 Å². The molecule has 2 N–H and O–H groups in total. The first-order valence-corrected chi connectivity index (χ1v) is 7.51. The zero-order chi connectivity index (χ0) is 16.8. The van der Waals surface area contributed by atoms with E-state index in [2.05, 4.69) is 10.9 Å². The van der Waals surface area contributed by atoms with E-state index < -0.39 is 11.8 Å². The van der Waals surface area contributed by atoms with Crippen molar-refractivity contribution < 1.29 is 9.59 Å². The number of amides is 2. The first-order chi connectivity index (χ1) is 11.0. The number of nitrogens with one attached hydrogen (secondary N) is 2. The lowest BCUT2D eigenvalue weighted by Gasteiger charge is -2.05. The standard InChI is InChI=1S/C17H14Cl2N2O2/c1-11-2-4-13(5-3-11)17(23)21-20-16(22)9-7-12-6-8-14(18)10-15(12)19/h2-10H,1H3,(H,20,22)(H,21,23). The molecule has 0 bridgehead atoms. The molecule has 2 aromatic carbocycles. The molecule has 0 radical (unpaired) electrons. The molecule has 0 aliphatic heterocycles. The van der Waals surface area contributed by atoms with Gasteiger partial charge in [-0.05, 0) is 42.8 Å². The molecule has 2 aromatic rings. The van der Waals surface area contributed by atoms with E-state index in [-0.39, 0.29) is 0 Å². The van der Waals surface area contributed by atoms with Gasteiger partial charge in [-0.3, -0.25) is 20.4 Å². The van der Waals surface area contributed by atoms with Gasteiger partial charge in [-0.25, -0.2) is 0 Å². The van der Waals surface area contributed by atoms with Crippen molar-refractivity contribution in [3.8, 4) is 0 Å². The fourth-order valence-electron chi connectivity index (χ4n) is 1.74. The normalized spacial score (nSPS) is 10.6. The van der Waals surface area contributed by atoms with Gasteiger partial charge in [0.25, 0.3) is 11.8 Å². The van der Waals surface area contributed by atoms with Crippen molar-refractivity contribution in [3.63, 3.8) is 0 Å². The highest BCUT2D eigenvalue weighted by atomic mass is 35.5. The number of hydrogen-bond acceptors (Lipinski definition) is 2. The average Bonchev–Trinajstić information content (AvgIpc) is 2.52. The van der Waals surface area contributed by atoms with Crippen LogP contribution in [0.15, 0.2) is 48.5 Å². The Kier molecular flexibility index (Phi) is 5.79. The zero-order valence-electron chi connectivity index (χ0n) is 12.3. The molecule has 6 heteroatoms. The number of rotatable bonds is 3. The Morgan fingerprint density at radius 2 is 1.70 bits per heavy atom. The Morgan fingerprint density at radius 1 is 1.00 bits per heavy atom. The van der Waals surface area contributed by atoms with Gasteiger partial charge in [0.05, 0.1) is 0 Å². The number of carbonyl (C=O) groups excluding carboxylic acids is 2. The third-order valence-electron chi connectivity index (χ3n) is 2.99.